The van der Waals surface area contributed by atoms with Crippen LogP contribution in [0.25, 0.3) is 0 Å². The maximum atomic E-state index is 15.3. The number of carbonyl (C=O) groups is 2. The Hall–Kier alpha value is -2.98. The Bertz CT molecular complexity index is 2380. The van der Waals surface area contributed by atoms with Crippen LogP contribution in [0, 0.1) is 63.1 Å². The van der Waals surface area contributed by atoms with Gasteiger partial charge in [-0.15, -0.1) is 5.92 Å². The fourth-order valence-electron chi connectivity index (χ4n) is 17.8. The van der Waals surface area contributed by atoms with E-state index in [2.05, 4.69) is 24.1 Å². The zero-order valence-corrected chi connectivity index (χ0v) is 41.4. The van der Waals surface area contributed by atoms with Crippen molar-refractivity contribution in [3.05, 3.63) is 40.5 Å². The number of aromatic hydroxyl groups is 1. The quantitative estimate of drug-likeness (QED) is 0.0710. The van der Waals surface area contributed by atoms with Crippen molar-refractivity contribution in [2.45, 2.75) is 177 Å². The number of nitrogens with one attached hydrogen (secondary N) is 1. The number of hydrogen-bond acceptors (Lipinski definition) is 14. The van der Waals surface area contributed by atoms with Crippen molar-refractivity contribution in [2.24, 2.45) is 51.2 Å². The molecule has 1 aromatic rings. The molecule has 15 nitrogen and oxygen atoms in total. The molecule has 0 radical (unpaired) electrons. The van der Waals surface area contributed by atoms with Gasteiger partial charge >= 0.3 is 0 Å². The third-order valence-electron chi connectivity index (χ3n) is 21.4. The van der Waals surface area contributed by atoms with E-state index in [-0.39, 0.29) is 48.5 Å². The first-order chi connectivity index (χ1) is 33.3. The van der Waals surface area contributed by atoms with Crippen LogP contribution in [0.4, 0.5) is 0 Å². The molecular formula is C55H76N2O13. The van der Waals surface area contributed by atoms with Crippen LogP contribution in [-0.4, -0.2) is 151 Å². The SMILES string of the molecule is COCCCOC1CCC2(C)C(C1)C(=O)C1=C3C24C#CCC2CN2C(=O)C2NC(O)C5OC(C(CO)C5C25CCC(c2cccc(O)c2CCCO)C5)C(O)(O)C(C)(O)C2CC(CC1)C3(O)C2(C)CC4. The van der Waals surface area contributed by atoms with Gasteiger partial charge in [0.25, 0.3) is 0 Å². The summed E-state index contributed by atoms with van der Waals surface area (Å²) in [5.74, 6) is 0.493. The lowest BCUT2D eigenvalue weighted by atomic mass is 9.37. The van der Waals surface area contributed by atoms with Crippen molar-refractivity contribution in [2.75, 3.05) is 40.1 Å². The first kappa shape index (κ1) is 49.2. The summed E-state index contributed by atoms with van der Waals surface area (Å²) in [6.07, 6.45) is 2.95. The number of phenolic OH excluding ortho intramolecular Hbond substituents is 1. The number of allylic oxidation sites excluding steroid dienone is 1. The van der Waals surface area contributed by atoms with Crippen molar-refractivity contribution < 1.29 is 64.7 Å². The van der Waals surface area contributed by atoms with E-state index < -0.39 is 99.3 Å². The largest absolute Gasteiger partial charge is 0.508 e. The standard InChI is InChI=1S/C55H76N2O13/c1-49-18-16-33(69-24-8-23-68-4)26-38(49)42(61)36-14-13-31-25-40-50(2)20-21-53(49,44(36)54(31,50)65)17-6-9-32-28-57(32)48(63)45-52(19-15-30(27-52)34-10-5-12-39(60)35(34)11-7-22-58)41-37(29-59)46(55(66,67)51(40,3)64)70-43(41)47(62)56-45/h5,10,12,30-33,37-38,40-41,43,45-47,56,58-60,62,64-67H,7-9,11,13-16,18-29H2,1-4H3. The molecule has 11 rings (SSSR count). The molecule has 3 saturated heterocycles. The second-order valence-electron chi connectivity index (χ2n) is 24.2. The summed E-state index contributed by atoms with van der Waals surface area (Å²) in [5, 5.41) is 101. The molecule has 0 aromatic heterocycles. The Balaban J connectivity index is 1.04. The number of Topliss-reactive ketones (excluding diaryl/α,β-unsaturated/α-hetero) is 1. The number of phenols is 1. The van der Waals surface area contributed by atoms with Crippen LogP contribution in [0.15, 0.2) is 29.3 Å². The molecule has 4 heterocycles. The van der Waals surface area contributed by atoms with Crippen LogP contribution in [0.3, 0.4) is 0 Å². The Morgan fingerprint density at radius 2 is 1.76 bits per heavy atom. The van der Waals surface area contributed by atoms with Gasteiger partial charge in [0.15, 0.2) is 5.78 Å². The second kappa shape index (κ2) is 17.0. The third kappa shape index (κ3) is 6.53. The molecule has 6 aliphatic carbocycles. The van der Waals surface area contributed by atoms with Gasteiger partial charge in [-0.1, -0.05) is 31.9 Å². The Morgan fingerprint density at radius 3 is 2.51 bits per heavy atom. The number of nitrogens with zero attached hydrogens (tertiary/aromatic N) is 1. The zero-order valence-electron chi connectivity index (χ0n) is 41.4. The number of aliphatic hydroxyl groups excluding tert-OH is 3. The number of aliphatic hydroxyl groups is 7. The number of carbonyl (C=O) groups excluding carboxylic acids is 2. The molecule has 4 saturated carbocycles. The van der Waals surface area contributed by atoms with Gasteiger partial charge < -0.3 is 60.0 Å². The van der Waals surface area contributed by atoms with Gasteiger partial charge in [0.05, 0.1) is 29.2 Å². The number of piperidine rings is 1. The van der Waals surface area contributed by atoms with Gasteiger partial charge in [-0.05, 0) is 142 Å². The number of rotatable bonds is 10. The van der Waals surface area contributed by atoms with Gasteiger partial charge in [-0.2, -0.15) is 0 Å². The molecule has 18 unspecified atom stereocenters. The van der Waals surface area contributed by atoms with E-state index in [0.717, 1.165) is 17.5 Å². The van der Waals surface area contributed by atoms with E-state index in [0.29, 0.717) is 114 Å². The molecule has 1 aromatic carbocycles. The minimum absolute atomic E-state index is 0.0254. The molecular weight excluding hydrogens is 897 g/mol. The van der Waals surface area contributed by atoms with Gasteiger partial charge in [0, 0.05) is 81.0 Å². The Labute approximate surface area is 411 Å². The molecule has 7 bridgehead atoms. The predicted octanol–water partition coefficient (Wildman–Crippen LogP) is 2.96. The number of benzene rings is 1. The van der Waals surface area contributed by atoms with E-state index in [1.54, 1.807) is 24.1 Å². The molecule has 10 aliphatic rings. The normalized spacial score (nSPS) is 47.5. The maximum absolute atomic E-state index is 15.3. The Kier molecular flexibility index (Phi) is 12.0. The monoisotopic (exact) mass is 973 g/mol. The van der Waals surface area contributed by atoms with Crippen molar-refractivity contribution in [3.63, 3.8) is 0 Å². The van der Waals surface area contributed by atoms with E-state index in [1.807, 2.05) is 13.0 Å². The highest BCUT2D eigenvalue weighted by atomic mass is 16.6. The van der Waals surface area contributed by atoms with Gasteiger partial charge in [0.2, 0.25) is 11.7 Å². The average Bonchev–Trinajstić information content (AvgIpc) is 3.65. The van der Waals surface area contributed by atoms with Crippen LogP contribution >= 0.6 is 0 Å². The third-order valence-corrected chi connectivity index (χ3v) is 21.4. The Morgan fingerprint density at radius 1 is 0.957 bits per heavy atom. The molecule has 9 N–H and O–H groups in total. The van der Waals surface area contributed by atoms with Crippen molar-refractivity contribution >= 4 is 11.7 Å². The fourth-order valence-corrected chi connectivity index (χ4v) is 17.8. The summed E-state index contributed by atoms with van der Waals surface area (Å²) in [6, 6.07) is 4.20. The minimum Gasteiger partial charge on any atom is -0.508 e. The van der Waals surface area contributed by atoms with Crippen LogP contribution < -0.4 is 5.32 Å². The van der Waals surface area contributed by atoms with E-state index in [4.69, 9.17) is 14.2 Å². The minimum atomic E-state index is -3.06. The number of methoxy groups -OCH3 is 1. The summed E-state index contributed by atoms with van der Waals surface area (Å²) in [6.45, 7) is 6.39. The highest BCUT2D eigenvalue weighted by Gasteiger charge is 2.80. The summed E-state index contributed by atoms with van der Waals surface area (Å²) < 4.78 is 18.3. The summed E-state index contributed by atoms with van der Waals surface area (Å²) in [5.41, 5.74) is -4.90. The smallest absolute Gasteiger partial charge is 0.240 e. The average molecular weight is 973 g/mol. The molecule has 7 fully saturated rings. The number of amides is 1. The lowest BCUT2D eigenvalue weighted by molar-refractivity contribution is -0.345. The number of fused-ring (bicyclic) bond motifs is 3. The van der Waals surface area contributed by atoms with Crippen molar-refractivity contribution in [1.82, 2.24) is 10.2 Å². The summed E-state index contributed by atoms with van der Waals surface area (Å²) >= 11 is 0. The van der Waals surface area contributed by atoms with Crippen LogP contribution in [0.1, 0.15) is 128 Å². The van der Waals surface area contributed by atoms with Gasteiger partial charge in [-0.3, -0.25) is 14.9 Å². The van der Waals surface area contributed by atoms with Crippen LogP contribution in [-0.2, 0) is 30.2 Å². The topological polar surface area (TPSA) is 239 Å². The first-order valence-corrected chi connectivity index (χ1v) is 26.5. The zero-order chi connectivity index (χ0) is 49.6. The van der Waals surface area contributed by atoms with E-state index in [9.17, 15) is 40.9 Å². The fraction of sp³-hybridized carbons (Fsp3) is 0.782. The second-order valence-corrected chi connectivity index (χ2v) is 24.2. The number of hydrogen-bond donors (Lipinski definition) is 9. The molecule has 384 valence electrons. The van der Waals surface area contributed by atoms with Gasteiger partial charge in [0.1, 0.15) is 29.8 Å². The first-order valence-electron chi connectivity index (χ1n) is 26.5. The van der Waals surface area contributed by atoms with Crippen molar-refractivity contribution in [3.8, 4) is 17.6 Å². The predicted molar refractivity (Wildman–Crippen MR) is 253 cm³/mol. The van der Waals surface area contributed by atoms with Crippen LogP contribution in [0.5, 0.6) is 5.75 Å². The number of ketones is 1. The van der Waals surface area contributed by atoms with Crippen molar-refractivity contribution in [1.29, 1.82) is 0 Å². The molecule has 4 aliphatic heterocycles. The molecule has 70 heavy (non-hydrogen) atoms. The van der Waals surface area contributed by atoms with Gasteiger partial charge in [-0.25, -0.2) is 0 Å². The molecule has 1 amide bonds. The van der Waals surface area contributed by atoms with E-state index >= 15 is 9.59 Å². The van der Waals surface area contributed by atoms with E-state index in [1.165, 1.54) is 6.92 Å². The maximum Gasteiger partial charge on any atom is 0.240 e. The number of ether oxygens (including phenoxy) is 3. The molecule has 18 atom stereocenters. The molecule has 1 spiro atoms. The summed E-state index contributed by atoms with van der Waals surface area (Å²) in [7, 11) is 1.67. The highest BCUT2D eigenvalue weighted by molar-refractivity contribution is 6.01. The highest BCUT2D eigenvalue weighted by Crippen LogP contribution is 2.77. The lowest BCUT2D eigenvalue weighted by Gasteiger charge is -2.67. The summed E-state index contributed by atoms with van der Waals surface area (Å²) in [4.78, 5) is 32.3. The molecule has 15 heteroatoms. The van der Waals surface area contributed by atoms with Crippen LogP contribution in [0.2, 0.25) is 0 Å². The lowest BCUT2D eigenvalue weighted by Crippen LogP contribution is -2.71.